The average Bonchev–Trinajstić information content (AvgIpc) is 3.24. The number of hydrogen-bond donors (Lipinski definition) is 6. The minimum atomic E-state index is -3.92. The molecule has 0 amide bonds. The highest BCUT2D eigenvalue weighted by Crippen LogP contribution is 2.50. The van der Waals surface area contributed by atoms with Gasteiger partial charge in [-0.05, 0) is 141 Å². The van der Waals surface area contributed by atoms with Gasteiger partial charge in [0.1, 0.15) is 0 Å². The Hall–Kier alpha value is 0.240. The third kappa shape index (κ3) is 38.9. The SMILES string of the molecule is Cl.Cl.Cl.Cl.Cl.Cl.NCCCN(CCCN)CCP(=O)(O)OCCCCCCCCCCCC(CCCc1ccccc1)(CCCc1ccccc1)OP(=O)(O)CCN(CCCN)CCCN. The number of rotatable bonds is 41. The second-order valence-corrected chi connectivity index (χ2v) is 20.6. The molecule has 66 heavy (non-hydrogen) atoms. The van der Waals surface area contributed by atoms with Gasteiger partial charge in [-0.25, -0.2) is 0 Å². The molecule has 2 aromatic carbocycles. The molecule has 0 bridgehead atoms. The van der Waals surface area contributed by atoms with E-state index in [1.54, 1.807) is 0 Å². The summed E-state index contributed by atoms with van der Waals surface area (Å²) >= 11 is 0. The van der Waals surface area contributed by atoms with Crippen molar-refractivity contribution in [3.63, 3.8) is 0 Å². The lowest BCUT2D eigenvalue weighted by molar-refractivity contribution is 0.0238. The Morgan fingerprint density at radius 2 is 0.773 bits per heavy atom. The van der Waals surface area contributed by atoms with Crippen molar-refractivity contribution in [1.82, 2.24) is 9.80 Å². The van der Waals surface area contributed by atoms with E-state index in [2.05, 4.69) is 58.3 Å². The molecule has 0 radical (unpaired) electrons. The van der Waals surface area contributed by atoms with Crippen LogP contribution >= 0.6 is 89.6 Å². The lowest BCUT2D eigenvalue weighted by Crippen LogP contribution is -2.35. The first-order valence-corrected chi connectivity index (χ1v) is 26.9. The Balaban J connectivity index is -0.00000207. The monoisotopic (exact) mass is 1100 g/mol. The van der Waals surface area contributed by atoms with Crippen LogP contribution < -0.4 is 22.9 Å². The maximum absolute atomic E-state index is 14.0. The van der Waals surface area contributed by atoms with E-state index in [4.69, 9.17) is 32.0 Å². The summed E-state index contributed by atoms with van der Waals surface area (Å²) in [6, 6.07) is 21.0. The highest BCUT2D eigenvalue weighted by atomic mass is 35.5. The first-order valence-electron chi connectivity index (χ1n) is 23.4. The van der Waals surface area contributed by atoms with E-state index in [9.17, 15) is 18.9 Å². The van der Waals surface area contributed by atoms with E-state index in [-0.39, 0.29) is 86.8 Å². The number of hydrogen-bond acceptors (Lipinski definition) is 10. The predicted octanol–water partition coefficient (Wildman–Crippen LogP) is 10.6. The molecule has 2 aromatic rings. The number of halogens is 6. The van der Waals surface area contributed by atoms with E-state index in [0.717, 1.165) is 155 Å². The van der Waals surface area contributed by atoms with Crippen molar-refractivity contribution in [3.05, 3.63) is 71.8 Å². The largest absolute Gasteiger partial charge is 0.330 e. The van der Waals surface area contributed by atoms with Crippen LogP contribution in [-0.2, 0) is 31.0 Å². The lowest BCUT2D eigenvalue weighted by Gasteiger charge is -2.36. The van der Waals surface area contributed by atoms with Gasteiger partial charge in [0.25, 0.3) is 0 Å². The smallest absolute Gasteiger partial charge is 0.329 e. The molecule has 0 saturated carbocycles. The van der Waals surface area contributed by atoms with E-state index in [1.165, 1.54) is 11.1 Å². The summed E-state index contributed by atoms with van der Waals surface area (Å²) in [5.74, 6) is 0. The van der Waals surface area contributed by atoms with Crippen LogP contribution in [0.1, 0.15) is 127 Å². The van der Waals surface area contributed by atoms with Gasteiger partial charge in [0.15, 0.2) is 0 Å². The molecular weight excluding hydrogens is 1010 g/mol. The first-order chi connectivity index (χ1) is 29.1. The van der Waals surface area contributed by atoms with E-state index in [0.29, 0.717) is 45.9 Å². The Kier molecular flexibility index (Phi) is 54.2. The summed E-state index contributed by atoms with van der Waals surface area (Å²) in [7, 11) is -7.54. The Morgan fingerprint density at radius 1 is 0.439 bits per heavy atom. The first kappa shape index (κ1) is 75.2. The number of benzene rings is 2. The Bertz CT molecular complexity index is 1370. The highest BCUT2D eigenvalue weighted by Gasteiger charge is 2.37. The van der Waals surface area contributed by atoms with Crippen molar-refractivity contribution < 1.29 is 28.0 Å². The van der Waals surface area contributed by atoms with Gasteiger partial charge in [-0.15, -0.1) is 74.4 Å². The second-order valence-electron chi connectivity index (χ2n) is 16.7. The number of aryl methyl sites for hydroxylation is 2. The quantitative estimate of drug-likeness (QED) is 0.0272. The number of nitrogens with zero attached hydrogens (tertiary/aromatic N) is 2. The van der Waals surface area contributed by atoms with Crippen LogP contribution in [0.3, 0.4) is 0 Å². The molecule has 0 saturated heterocycles. The highest BCUT2D eigenvalue weighted by molar-refractivity contribution is 7.53. The van der Waals surface area contributed by atoms with Crippen LogP contribution in [-0.4, -0.2) is 110 Å². The van der Waals surface area contributed by atoms with E-state index in [1.807, 2.05) is 12.1 Å². The molecular formula is C46H92Cl6N6O6P2. The second kappa shape index (κ2) is 47.6. The Morgan fingerprint density at radius 3 is 1.15 bits per heavy atom. The predicted molar refractivity (Wildman–Crippen MR) is 295 cm³/mol. The summed E-state index contributed by atoms with van der Waals surface area (Å²) in [5, 5.41) is 0. The standard InChI is InChI=1S/C46H86N6O6P2.6ClH/c47-31-18-35-51(36-19-32-48)39-42-59(53,54)57-41-15-7-5-3-1-2-4-6-14-28-46(29-16-26-44-22-10-8-11-23-44,30-17-27-45-24-12-9-13-25-45)58-60(55,56)43-40-52(37-20-33-49)38-21-34-50;;;;;;/h8-13,22-25H,1-7,14-21,26-43,47-50H2,(H,53,54)(H,55,56);6*1H. The van der Waals surface area contributed by atoms with Crippen molar-refractivity contribution in [2.45, 2.75) is 134 Å². The average molecular weight is 1100 g/mol. The zero-order valence-corrected chi connectivity index (χ0v) is 46.4. The fraction of sp³-hybridized carbons (Fsp3) is 0.739. The van der Waals surface area contributed by atoms with Crippen molar-refractivity contribution in [1.29, 1.82) is 0 Å². The van der Waals surface area contributed by atoms with Gasteiger partial charge in [0, 0.05) is 13.1 Å². The van der Waals surface area contributed by atoms with Crippen LogP contribution in [0, 0.1) is 0 Å². The maximum atomic E-state index is 14.0. The summed E-state index contributed by atoms with van der Waals surface area (Å²) in [6.45, 7) is 6.82. The molecule has 0 heterocycles. The summed E-state index contributed by atoms with van der Waals surface area (Å²) in [6.07, 6.45) is 18.8. The molecule has 0 aliphatic rings. The summed E-state index contributed by atoms with van der Waals surface area (Å²) < 4.78 is 38.7. The van der Waals surface area contributed by atoms with Crippen LogP contribution in [0.5, 0.6) is 0 Å². The summed E-state index contributed by atoms with van der Waals surface area (Å²) in [5.41, 5.74) is 24.8. The Labute approximate surface area is 437 Å². The molecule has 0 aromatic heterocycles. The normalized spacial score (nSPS) is 12.9. The molecule has 12 nitrogen and oxygen atoms in total. The van der Waals surface area contributed by atoms with Gasteiger partial charge in [-0.2, -0.15) is 0 Å². The van der Waals surface area contributed by atoms with Gasteiger partial charge in [0.2, 0.25) is 0 Å². The third-order valence-corrected chi connectivity index (χ3v) is 14.2. The van der Waals surface area contributed by atoms with Gasteiger partial charge in [-0.1, -0.05) is 112 Å². The fourth-order valence-corrected chi connectivity index (χ4v) is 10.5. The van der Waals surface area contributed by atoms with Crippen molar-refractivity contribution in [3.8, 4) is 0 Å². The molecule has 2 atom stereocenters. The molecule has 0 aliphatic heterocycles. The zero-order valence-electron chi connectivity index (χ0n) is 39.7. The molecule has 10 N–H and O–H groups in total. The number of nitrogens with two attached hydrogens (primary N) is 4. The van der Waals surface area contributed by atoms with Crippen molar-refractivity contribution in [2.75, 3.05) is 84.4 Å². The van der Waals surface area contributed by atoms with Crippen molar-refractivity contribution in [2.24, 2.45) is 22.9 Å². The molecule has 2 unspecified atom stereocenters. The topological polar surface area (TPSA) is 204 Å². The molecule has 20 heteroatoms. The molecule has 0 spiro atoms. The third-order valence-electron chi connectivity index (χ3n) is 11.4. The van der Waals surface area contributed by atoms with E-state index < -0.39 is 20.8 Å². The number of unbranched alkanes of at least 4 members (excludes halogenated alkanes) is 8. The minimum absolute atomic E-state index is 0. The molecule has 394 valence electrons. The van der Waals surface area contributed by atoms with E-state index >= 15 is 0 Å². The lowest BCUT2D eigenvalue weighted by atomic mass is 9.84. The zero-order chi connectivity index (χ0) is 43.6. The van der Waals surface area contributed by atoms with Gasteiger partial charge < -0.3 is 51.6 Å². The maximum Gasteiger partial charge on any atom is 0.329 e. The van der Waals surface area contributed by atoms with Gasteiger partial charge >= 0.3 is 15.2 Å². The summed E-state index contributed by atoms with van der Waals surface area (Å²) in [4.78, 5) is 26.2. The minimum Gasteiger partial charge on any atom is -0.330 e. The molecule has 2 rings (SSSR count). The molecule has 0 aliphatic carbocycles. The van der Waals surface area contributed by atoms with Crippen molar-refractivity contribution >= 4 is 89.6 Å². The van der Waals surface area contributed by atoms with Crippen LogP contribution in [0.4, 0.5) is 0 Å². The van der Waals surface area contributed by atoms with Crippen LogP contribution in [0.25, 0.3) is 0 Å². The van der Waals surface area contributed by atoms with Crippen LogP contribution in [0.15, 0.2) is 60.7 Å². The van der Waals surface area contributed by atoms with Crippen LogP contribution in [0.2, 0.25) is 0 Å². The van der Waals surface area contributed by atoms with Gasteiger partial charge in [-0.3, -0.25) is 9.13 Å². The molecule has 0 fully saturated rings. The fourth-order valence-electron chi connectivity index (χ4n) is 7.90. The van der Waals surface area contributed by atoms with Gasteiger partial charge in [0.05, 0.1) is 24.5 Å².